The van der Waals surface area contributed by atoms with E-state index in [9.17, 15) is 9.18 Å². The normalized spacial score (nSPS) is 10.7. The lowest BCUT2D eigenvalue weighted by molar-refractivity contribution is 0.0601. The molecule has 22 heavy (non-hydrogen) atoms. The van der Waals surface area contributed by atoms with Gasteiger partial charge in [0.1, 0.15) is 5.52 Å². The van der Waals surface area contributed by atoms with Crippen LogP contribution >= 0.6 is 0 Å². The highest BCUT2D eigenvalue weighted by molar-refractivity contribution is 5.93. The number of aromatic nitrogens is 1. The van der Waals surface area contributed by atoms with E-state index in [1.54, 1.807) is 24.3 Å². The Kier molecular flexibility index (Phi) is 3.50. The van der Waals surface area contributed by atoms with Crippen molar-refractivity contribution in [2.75, 3.05) is 14.2 Å². The van der Waals surface area contributed by atoms with Crippen LogP contribution in [-0.4, -0.2) is 25.2 Å². The van der Waals surface area contributed by atoms with Crippen LogP contribution in [0.5, 0.6) is 5.75 Å². The molecule has 3 rings (SSSR count). The maximum Gasteiger partial charge on any atom is 0.337 e. The lowest BCUT2D eigenvalue weighted by Crippen LogP contribution is -2.00. The smallest absolute Gasteiger partial charge is 0.337 e. The molecule has 0 saturated carbocycles. The molecular weight excluding hydrogens is 289 g/mol. The summed E-state index contributed by atoms with van der Waals surface area (Å²) < 4.78 is 28.7. The van der Waals surface area contributed by atoms with Crippen LogP contribution in [0.2, 0.25) is 0 Å². The predicted octanol–water partition coefficient (Wildman–Crippen LogP) is 3.43. The minimum Gasteiger partial charge on any atom is -0.494 e. The molecule has 6 heteroatoms. The van der Waals surface area contributed by atoms with Gasteiger partial charge in [0.05, 0.1) is 19.8 Å². The number of ether oxygens (including phenoxy) is 2. The van der Waals surface area contributed by atoms with Crippen LogP contribution in [0.15, 0.2) is 40.8 Å². The second-order valence-electron chi connectivity index (χ2n) is 4.54. The minimum absolute atomic E-state index is 0.106. The molecule has 0 unspecified atom stereocenters. The largest absolute Gasteiger partial charge is 0.494 e. The quantitative estimate of drug-likeness (QED) is 0.694. The van der Waals surface area contributed by atoms with Crippen LogP contribution in [0.4, 0.5) is 4.39 Å². The number of rotatable bonds is 3. The van der Waals surface area contributed by atoms with E-state index in [1.165, 1.54) is 26.4 Å². The zero-order valence-corrected chi connectivity index (χ0v) is 11.9. The van der Waals surface area contributed by atoms with Gasteiger partial charge in [-0.1, -0.05) is 0 Å². The minimum atomic E-state index is -0.463. The molecule has 0 aliphatic carbocycles. The average molecular weight is 301 g/mol. The average Bonchev–Trinajstić information content (AvgIpc) is 2.97. The number of hydrogen-bond donors (Lipinski definition) is 0. The second kappa shape index (κ2) is 5.48. The molecule has 0 fully saturated rings. The molecule has 0 amide bonds. The SMILES string of the molecule is COC(=O)c1ccc2nc(-c3ccc(F)c(OC)c3)oc2c1. The van der Waals surface area contributed by atoms with Gasteiger partial charge in [0, 0.05) is 5.56 Å². The molecule has 0 aliphatic rings. The maximum atomic E-state index is 13.4. The van der Waals surface area contributed by atoms with Crippen LogP contribution in [0.1, 0.15) is 10.4 Å². The summed E-state index contributed by atoms with van der Waals surface area (Å²) in [4.78, 5) is 15.8. The van der Waals surface area contributed by atoms with Crippen LogP contribution in [0, 0.1) is 5.82 Å². The molecule has 0 radical (unpaired) electrons. The highest BCUT2D eigenvalue weighted by Crippen LogP contribution is 2.29. The Hall–Kier alpha value is -2.89. The van der Waals surface area contributed by atoms with E-state index in [2.05, 4.69) is 9.72 Å². The van der Waals surface area contributed by atoms with Crippen molar-refractivity contribution in [1.29, 1.82) is 0 Å². The molecule has 112 valence electrons. The highest BCUT2D eigenvalue weighted by atomic mass is 19.1. The van der Waals surface area contributed by atoms with E-state index in [1.807, 2.05) is 0 Å². The maximum absolute atomic E-state index is 13.4. The number of oxazole rings is 1. The zero-order chi connectivity index (χ0) is 15.7. The molecule has 0 saturated heterocycles. The molecule has 0 N–H and O–H groups in total. The molecular formula is C16H12FNO4. The Balaban J connectivity index is 2.06. The zero-order valence-electron chi connectivity index (χ0n) is 11.9. The van der Waals surface area contributed by atoms with Gasteiger partial charge >= 0.3 is 5.97 Å². The van der Waals surface area contributed by atoms with Crippen molar-refractivity contribution in [3.05, 3.63) is 47.8 Å². The van der Waals surface area contributed by atoms with E-state index in [0.29, 0.717) is 28.1 Å². The summed E-state index contributed by atoms with van der Waals surface area (Å²) >= 11 is 0. The van der Waals surface area contributed by atoms with Crippen molar-refractivity contribution < 1.29 is 23.1 Å². The highest BCUT2D eigenvalue weighted by Gasteiger charge is 2.13. The van der Waals surface area contributed by atoms with E-state index >= 15 is 0 Å². The Morgan fingerprint density at radius 3 is 2.73 bits per heavy atom. The Labute approximate surface area is 125 Å². The number of hydrogen-bond acceptors (Lipinski definition) is 5. The molecule has 0 spiro atoms. The predicted molar refractivity (Wildman–Crippen MR) is 77.3 cm³/mol. The van der Waals surface area contributed by atoms with Crippen molar-refractivity contribution in [3.63, 3.8) is 0 Å². The topological polar surface area (TPSA) is 61.6 Å². The van der Waals surface area contributed by atoms with Gasteiger partial charge in [-0.15, -0.1) is 0 Å². The summed E-state index contributed by atoms with van der Waals surface area (Å²) in [6, 6.07) is 9.15. The van der Waals surface area contributed by atoms with Gasteiger partial charge in [0.2, 0.25) is 5.89 Å². The van der Waals surface area contributed by atoms with E-state index in [-0.39, 0.29) is 5.75 Å². The molecule has 1 heterocycles. The third kappa shape index (κ3) is 2.39. The number of nitrogens with zero attached hydrogens (tertiary/aromatic N) is 1. The molecule has 1 aromatic heterocycles. The third-order valence-electron chi connectivity index (χ3n) is 3.21. The first-order chi connectivity index (χ1) is 10.6. The standard InChI is InChI=1S/C16H12FNO4/c1-20-13-7-9(3-5-11(13)17)15-18-12-6-4-10(16(19)21-2)8-14(12)22-15/h3-8H,1-2H3. The van der Waals surface area contributed by atoms with E-state index in [0.717, 1.165) is 0 Å². The van der Waals surface area contributed by atoms with Crippen molar-refractivity contribution in [2.24, 2.45) is 0 Å². The van der Waals surface area contributed by atoms with Gasteiger partial charge in [-0.3, -0.25) is 0 Å². The summed E-state index contributed by atoms with van der Waals surface area (Å²) in [5.41, 5.74) is 1.98. The molecule has 0 aliphatic heterocycles. The Morgan fingerprint density at radius 2 is 2.00 bits per heavy atom. The monoisotopic (exact) mass is 301 g/mol. The lowest BCUT2D eigenvalue weighted by atomic mass is 10.2. The van der Waals surface area contributed by atoms with Gasteiger partial charge in [0.15, 0.2) is 17.1 Å². The van der Waals surface area contributed by atoms with Gasteiger partial charge in [-0.25, -0.2) is 14.2 Å². The summed E-state index contributed by atoms with van der Waals surface area (Å²) in [7, 11) is 2.69. The van der Waals surface area contributed by atoms with Crippen molar-refractivity contribution in [3.8, 4) is 17.2 Å². The number of esters is 1. The fourth-order valence-electron chi connectivity index (χ4n) is 2.09. The third-order valence-corrected chi connectivity index (χ3v) is 3.21. The number of carbonyl (C=O) groups is 1. The summed E-state index contributed by atoms with van der Waals surface area (Å²) in [5.74, 6) is -0.496. The fraction of sp³-hybridized carbons (Fsp3) is 0.125. The van der Waals surface area contributed by atoms with Gasteiger partial charge < -0.3 is 13.9 Å². The number of carbonyl (C=O) groups excluding carboxylic acids is 1. The van der Waals surface area contributed by atoms with Crippen molar-refractivity contribution in [2.45, 2.75) is 0 Å². The van der Waals surface area contributed by atoms with Crippen LogP contribution < -0.4 is 4.74 Å². The van der Waals surface area contributed by atoms with E-state index < -0.39 is 11.8 Å². The number of fused-ring (bicyclic) bond motifs is 1. The summed E-state index contributed by atoms with van der Waals surface area (Å²) in [6.07, 6.45) is 0. The Morgan fingerprint density at radius 1 is 1.18 bits per heavy atom. The van der Waals surface area contributed by atoms with Crippen LogP contribution in [0.3, 0.4) is 0 Å². The van der Waals surface area contributed by atoms with Gasteiger partial charge in [0.25, 0.3) is 0 Å². The number of halogens is 1. The van der Waals surface area contributed by atoms with Crippen LogP contribution in [0.25, 0.3) is 22.6 Å². The second-order valence-corrected chi connectivity index (χ2v) is 4.54. The van der Waals surface area contributed by atoms with Crippen molar-refractivity contribution >= 4 is 17.1 Å². The molecule has 2 aromatic carbocycles. The Bertz CT molecular complexity index is 856. The molecule has 0 bridgehead atoms. The van der Waals surface area contributed by atoms with Crippen LogP contribution in [-0.2, 0) is 4.74 Å². The summed E-state index contributed by atoms with van der Waals surface area (Å²) in [6.45, 7) is 0. The first kappa shape index (κ1) is 14.1. The van der Waals surface area contributed by atoms with Gasteiger partial charge in [-0.2, -0.15) is 0 Å². The summed E-state index contributed by atoms with van der Waals surface area (Å²) in [5, 5.41) is 0. The first-order valence-electron chi connectivity index (χ1n) is 6.45. The van der Waals surface area contributed by atoms with E-state index in [4.69, 9.17) is 9.15 Å². The molecule has 0 atom stereocenters. The fourth-order valence-corrected chi connectivity index (χ4v) is 2.09. The first-order valence-corrected chi connectivity index (χ1v) is 6.45. The number of benzene rings is 2. The van der Waals surface area contributed by atoms with Crippen molar-refractivity contribution in [1.82, 2.24) is 4.98 Å². The molecule has 5 nitrogen and oxygen atoms in total. The molecule has 3 aromatic rings. The van der Waals surface area contributed by atoms with Gasteiger partial charge in [-0.05, 0) is 36.4 Å². The number of methoxy groups -OCH3 is 2. The lowest BCUT2D eigenvalue weighted by Gasteiger charge is -2.02.